The molecule has 0 amide bonds. The van der Waals surface area contributed by atoms with Gasteiger partial charge in [0.25, 0.3) is 0 Å². The lowest BCUT2D eigenvalue weighted by molar-refractivity contribution is -0.00734. The van der Waals surface area contributed by atoms with E-state index in [1.54, 1.807) is 0 Å². The maximum Gasteiger partial charge on any atom is 0.145 e. The van der Waals surface area contributed by atoms with Crippen LogP contribution in [0.2, 0.25) is 5.02 Å². The molecule has 5 nitrogen and oxygen atoms in total. The van der Waals surface area contributed by atoms with Crippen molar-refractivity contribution in [1.82, 2.24) is 4.90 Å². The van der Waals surface area contributed by atoms with E-state index in [0.717, 1.165) is 24.2 Å². The van der Waals surface area contributed by atoms with Gasteiger partial charge in [-0.15, -0.1) is 0 Å². The van der Waals surface area contributed by atoms with Crippen molar-refractivity contribution in [3.63, 3.8) is 0 Å². The van der Waals surface area contributed by atoms with Crippen LogP contribution in [0.15, 0.2) is 59.8 Å². The Kier molecular flexibility index (Phi) is 8.70. The van der Waals surface area contributed by atoms with Crippen LogP contribution in [-0.2, 0) is 16.1 Å². The zero-order valence-electron chi connectivity index (χ0n) is 17.7. The Bertz CT molecular complexity index is 796. The molecule has 2 unspecified atom stereocenters. The number of halogens is 1. The van der Waals surface area contributed by atoms with Crippen LogP contribution in [-0.4, -0.2) is 54.2 Å². The Morgan fingerprint density at radius 2 is 1.87 bits per heavy atom. The average molecular weight is 431 g/mol. The number of aliphatic hydroxyl groups is 1. The van der Waals surface area contributed by atoms with E-state index in [2.05, 4.69) is 36.0 Å². The van der Waals surface area contributed by atoms with Gasteiger partial charge in [-0.3, -0.25) is 4.90 Å². The molecular formula is C24H31ClN2O3. The van der Waals surface area contributed by atoms with Crippen molar-refractivity contribution in [1.29, 1.82) is 0 Å². The molecule has 1 aliphatic rings. The number of rotatable bonds is 11. The third-order valence-electron chi connectivity index (χ3n) is 4.85. The molecule has 1 aliphatic heterocycles. The van der Waals surface area contributed by atoms with Crippen LogP contribution in [0.4, 0.5) is 0 Å². The SMILES string of the molecule is CC(C)COCC(O)CN(Cc1ccccc1)CC1CC(c2ccc(Cl)cc2)=NO1. The fraction of sp³-hybridized carbons (Fsp3) is 0.458. The predicted octanol–water partition coefficient (Wildman–Crippen LogP) is 4.37. The summed E-state index contributed by atoms with van der Waals surface area (Å²) in [6.07, 6.45) is 0.126. The molecule has 0 aliphatic carbocycles. The highest BCUT2D eigenvalue weighted by Gasteiger charge is 2.25. The van der Waals surface area contributed by atoms with Crippen molar-refractivity contribution in [3.8, 4) is 0 Å². The standard InChI is InChI=1S/C24H31ClN2O3/c1-18(2)16-29-17-22(28)14-27(13-19-6-4-3-5-7-19)15-23-12-24(26-30-23)20-8-10-21(25)11-9-20/h3-11,18,22-23,28H,12-17H2,1-2H3. The first-order chi connectivity index (χ1) is 14.5. The van der Waals surface area contributed by atoms with Crippen molar-refractivity contribution in [3.05, 3.63) is 70.7 Å². The van der Waals surface area contributed by atoms with Gasteiger partial charge in [0.2, 0.25) is 0 Å². The van der Waals surface area contributed by atoms with E-state index in [-0.39, 0.29) is 6.10 Å². The monoisotopic (exact) mass is 430 g/mol. The number of hydrogen-bond acceptors (Lipinski definition) is 5. The number of ether oxygens (including phenoxy) is 1. The highest BCUT2D eigenvalue weighted by Crippen LogP contribution is 2.20. The fourth-order valence-corrected chi connectivity index (χ4v) is 3.59. The second-order valence-corrected chi connectivity index (χ2v) is 8.68. The van der Waals surface area contributed by atoms with E-state index in [1.165, 1.54) is 5.56 Å². The van der Waals surface area contributed by atoms with Gasteiger partial charge in [0.05, 0.1) is 18.4 Å². The summed E-state index contributed by atoms with van der Waals surface area (Å²) in [4.78, 5) is 7.93. The fourth-order valence-electron chi connectivity index (χ4n) is 3.46. The molecule has 162 valence electrons. The first-order valence-electron chi connectivity index (χ1n) is 10.5. The lowest BCUT2D eigenvalue weighted by atomic mass is 10.0. The highest BCUT2D eigenvalue weighted by atomic mass is 35.5. The van der Waals surface area contributed by atoms with Crippen LogP contribution in [0.3, 0.4) is 0 Å². The molecule has 0 spiro atoms. The maximum atomic E-state index is 10.5. The van der Waals surface area contributed by atoms with Crippen LogP contribution >= 0.6 is 11.6 Å². The maximum absolute atomic E-state index is 10.5. The van der Waals surface area contributed by atoms with E-state index >= 15 is 0 Å². The lowest BCUT2D eigenvalue weighted by Crippen LogP contribution is -2.39. The van der Waals surface area contributed by atoms with Gasteiger partial charge >= 0.3 is 0 Å². The smallest absolute Gasteiger partial charge is 0.145 e. The highest BCUT2D eigenvalue weighted by molar-refractivity contribution is 6.30. The van der Waals surface area contributed by atoms with E-state index in [9.17, 15) is 5.11 Å². The van der Waals surface area contributed by atoms with E-state index in [4.69, 9.17) is 21.2 Å². The molecule has 0 saturated heterocycles. The minimum absolute atomic E-state index is 0.0526. The number of nitrogens with zero attached hydrogens (tertiary/aromatic N) is 2. The van der Waals surface area contributed by atoms with Gasteiger partial charge in [-0.1, -0.05) is 73.1 Å². The molecular weight excluding hydrogens is 400 g/mol. The summed E-state index contributed by atoms with van der Waals surface area (Å²) < 4.78 is 5.62. The third-order valence-corrected chi connectivity index (χ3v) is 5.10. The molecule has 0 bridgehead atoms. The number of aliphatic hydroxyl groups excluding tert-OH is 1. The summed E-state index contributed by atoms with van der Waals surface area (Å²) in [6.45, 7) is 7.12. The number of hydrogen-bond donors (Lipinski definition) is 1. The first-order valence-corrected chi connectivity index (χ1v) is 10.9. The van der Waals surface area contributed by atoms with Gasteiger partial charge in [0, 0.05) is 37.7 Å². The molecule has 2 aromatic carbocycles. The number of benzene rings is 2. The van der Waals surface area contributed by atoms with Crippen molar-refractivity contribution in [2.45, 2.75) is 39.0 Å². The molecule has 0 saturated carbocycles. The predicted molar refractivity (Wildman–Crippen MR) is 121 cm³/mol. The second-order valence-electron chi connectivity index (χ2n) is 8.24. The second kappa shape index (κ2) is 11.5. The Labute approximate surface area is 184 Å². The van der Waals surface area contributed by atoms with Gasteiger partial charge in [-0.25, -0.2) is 0 Å². The van der Waals surface area contributed by atoms with Crippen molar-refractivity contribution < 1.29 is 14.7 Å². The minimum atomic E-state index is -0.550. The van der Waals surface area contributed by atoms with E-state index in [0.29, 0.717) is 37.2 Å². The molecule has 1 heterocycles. The molecule has 1 N–H and O–H groups in total. The van der Waals surface area contributed by atoms with Crippen molar-refractivity contribution in [2.24, 2.45) is 11.1 Å². The topological polar surface area (TPSA) is 54.3 Å². The zero-order chi connectivity index (χ0) is 21.3. The van der Waals surface area contributed by atoms with Gasteiger partial charge < -0.3 is 14.7 Å². The molecule has 6 heteroatoms. The minimum Gasteiger partial charge on any atom is -0.390 e. The third kappa shape index (κ3) is 7.40. The van der Waals surface area contributed by atoms with Crippen LogP contribution in [0.1, 0.15) is 31.4 Å². The molecule has 30 heavy (non-hydrogen) atoms. The lowest BCUT2D eigenvalue weighted by Gasteiger charge is -2.27. The van der Waals surface area contributed by atoms with Crippen molar-refractivity contribution in [2.75, 3.05) is 26.3 Å². The molecule has 0 aromatic heterocycles. The first kappa shape index (κ1) is 22.8. The van der Waals surface area contributed by atoms with Gasteiger partial charge in [-0.05, 0) is 29.2 Å². The van der Waals surface area contributed by atoms with Crippen LogP contribution in [0.25, 0.3) is 0 Å². The summed E-state index contributed by atoms with van der Waals surface area (Å²) in [5.41, 5.74) is 3.15. The normalized spacial score (nSPS) is 17.3. The van der Waals surface area contributed by atoms with Crippen LogP contribution < -0.4 is 0 Å². The summed E-state index contributed by atoms with van der Waals surface area (Å²) in [6, 6.07) is 17.9. The van der Waals surface area contributed by atoms with Crippen molar-refractivity contribution >= 4 is 17.3 Å². The van der Waals surface area contributed by atoms with Crippen LogP contribution in [0.5, 0.6) is 0 Å². The molecule has 0 fully saturated rings. The van der Waals surface area contributed by atoms with Gasteiger partial charge in [0.15, 0.2) is 0 Å². The van der Waals surface area contributed by atoms with Crippen LogP contribution in [0, 0.1) is 5.92 Å². The Morgan fingerprint density at radius 1 is 1.13 bits per heavy atom. The zero-order valence-corrected chi connectivity index (χ0v) is 18.5. The van der Waals surface area contributed by atoms with E-state index in [1.807, 2.05) is 42.5 Å². The number of oxime groups is 1. The molecule has 0 radical (unpaired) electrons. The molecule has 2 atom stereocenters. The summed E-state index contributed by atoms with van der Waals surface area (Å²) in [5.74, 6) is 0.452. The molecule has 2 aromatic rings. The average Bonchev–Trinajstić information content (AvgIpc) is 3.17. The summed E-state index contributed by atoms with van der Waals surface area (Å²) in [5, 5.41) is 15.5. The van der Waals surface area contributed by atoms with Gasteiger partial charge in [-0.2, -0.15) is 0 Å². The quantitative estimate of drug-likeness (QED) is 0.575. The molecule has 3 rings (SSSR count). The summed E-state index contributed by atoms with van der Waals surface area (Å²) in [7, 11) is 0. The Hall–Kier alpha value is -1.92. The Balaban J connectivity index is 1.57. The van der Waals surface area contributed by atoms with Gasteiger partial charge in [0.1, 0.15) is 6.10 Å². The largest absolute Gasteiger partial charge is 0.390 e. The van der Waals surface area contributed by atoms with E-state index < -0.39 is 6.10 Å². The summed E-state index contributed by atoms with van der Waals surface area (Å²) >= 11 is 5.98. The Morgan fingerprint density at radius 3 is 2.57 bits per heavy atom.